The van der Waals surface area contributed by atoms with Gasteiger partial charge in [-0.25, -0.2) is 0 Å². The minimum atomic E-state index is -1.07. The molecule has 1 fully saturated rings. The first kappa shape index (κ1) is 23.8. The molecule has 0 radical (unpaired) electrons. The molecule has 5 rings (SSSR count). The summed E-state index contributed by atoms with van der Waals surface area (Å²) < 4.78 is 17.8. The van der Waals surface area contributed by atoms with Crippen LogP contribution in [0, 0.1) is 6.92 Å². The van der Waals surface area contributed by atoms with Crippen molar-refractivity contribution in [3.8, 4) is 11.5 Å². The van der Waals surface area contributed by atoms with E-state index in [2.05, 4.69) is 37.3 Å². The van der Waals surface area contributed by atoms with Crippen LogP contribution < -0.4 is 9.47 Å². The highest BCUT2D eigenvalue weighted by atomic mass is 16.5. The molecule has 184 valence electrons. The number of rotatable bonds is 7. The summed E-state index contributed by atoms with van der Waals surface area (Å²) in [6.07, 6.45) is -1.21. The fourth-order valence-electron chi connectivity index (χ4n) is 4.86. The molecule has 2 aliphatic heterocycles. The topological polar surface area (TPSA) is 88.4 Å². The van der Waals surface area contributed by atoms with E-state index in [0.717, 1.165) is 41.0 Å². The molecule has 0 aliphatic carbocycles. The largest absolute Gasteiger partial charge is 0.490 e. The summed E-state index contributed by atoms with van der Waals surface area (Å²) in [6.45, 7) is 2.25. The Morgan fingerprint density at radius 1 is 1.00 bits per heavy atom. The third-order valence-corrected chi connectivity index (χ3v) is 6.96. The van der Waals surface area contributed by atoms with Crippen molar-refractivity contribution < 1.29 is 29.5 Å². The molecule has 5 atom stereocenters. The Balaban J connectivity index is 1.20. The van der Waals surface area contributed by atoms with Crippen LogP contribution in [0.2, 0.25) is 0 Å². The van der Waals surface area contributed by atoms with Crippen LogP contribution in [0.15, 0.2) is 66.7 Å². The molecule has 35 heavy (non-hydrogen) atoms. The van der Waals surface area contributed by atoms with E-state index in [4.69, 9.17) is 14.2 Å². The normalized spacial score (nSPS) is 25.7. The van der Waals surface area contributed by atoms with Gasteiger partial charge in [0, 0.05) is 12.8 Å². The number of aliphatic hydroxyl groups is 3. The van der Waals surface area contributed by atoms with Gasteiger partial charge >= 0.3 is 0 Å². The zero-order valence-electron chi connectivity index (χ0n) is 19.8. The lowest BCUT2D eigenvalue weighted by Crippen LogP contribution is -2.47. The van der Waals surface area contributed by atoms with Crippen LogP contribution in [0.25, 0.3) is 0 Å². The smallest absolute Gasteiger partial charge is 0.137 e. The molecular weight excluding hydrogens is 444 g/mol. The van der Waals surface area contributed by atoms with Crippen molar-refractivity contribution in [3.05, 3.63) is 94.5 Å². The molecule has 2 heterocycles. The number of hydrogen-bond donors (Lipinski definition) is 3. The number of hydrogen-bond acceptors (Lipinski definition) is 6. The molecule has 0 saturated carbocycles. The summed E-state index contributed by atoms with van der Waals surface area (Å²) in [4.78, 5) is 0. The molecule has 3 aromatic rings. The first-order valence-electron chi connectivity index (χ1n) is 12.2. The van der Waals surface area contributed by atoms with Gasteiger partial charge in [-0.05, 0) is 59.4 Å². The molecule has 3 aromatic carbocycles. The average Bonchev–Trinajstić information content (AvgIpc) is 3.29. The lowest BCUT2D eigenvalue weighted by molar-refractivity contribution is -0.181. The van der Waals surface area contributed by atoms with E-state index in [9.17, 15) is 15.3 Å². The molecule has 0 spiro atoms. The highest BCUT2D eigenvalue weighted by Crippen LogP contribution is 2.33. The van der Waals surface area contributed by atoms with Crippen molar-refractivity contribution in [2.75, 3.05) is 13.2 Å². The summed E-state index contributed by atoms with van der Waals surface area (Å²) in [5.41, 5.74) is 5.66. The Kier molecular flexibility index (Phi) is 7.07. The first-order valence-corrected chi connectivity index (χ1v) is 12.2. The monoisotopic (exact) mass is 476 g/mol. The highest BCUT2D eigenvalue weighted by molar-refractivity contribution is 5.39. The molecule has 0 aromatic heterocycles. The van der Waals surface area contributed by atoms with E-state index in [-0.39, 0.29) is 18.8 Å². The third kappa shape index (κ3) is 5.36. The molecule has 0 bridgehead atoms. The maximum Gasteiger partial charge on any atom is 0.137 e. The molecule has 0 unspecified atom stereocenters. The fourth-order valence-corrected chi connectivity index (χ4v) is 4.86. The summed E-state index contributed by atoms with van der Waals surface area (Å²) in [5, 5.41) is 29.7. The Hall–Kier alpha value is -2.90. The van der Waals surface area contributed by atoms with Crippen molar-refractivity contribution in [2.24, 2.45) is 0 Å². The molecule has 0 amide bonds. The zero-order chi connectivity index (χ0) is 24.4. The fraction of sp³-hybridized carbons (Fsp3) is 0.379. The number of fused-ring (bicyclic) bond motifs is 1. The van der Waals surface area contributed by atoms with Gasteiger partial charge in [-0.1, -0.05) is 48.5 Å². The SMILES string of the molecule is Cc1ccc([C@H]2C[C@@H](O)[C@H](O)[C@@H](CO)O2)cc1Cc1ccc(OC[C@@H]2Cc3ccccc3O2)cc1. The van der Waals surface area contributed by atoms with E-state index in [1.54, 1.807) is 0 Å². The van der Waals surface area contributed by atoms with Gasteiger partial charge < -0.3 is 29.5 Å². The van der Waals surface area contributed by atoms with Gasteiger partial charge in [-0.2, -0.15) is 0 Å². The Labute approximate surface area is 205 Å². The van der Waals surface area contributed by atoms with Gasteiger partial charge in [-0.15, -0.1) is 0 Å². The van der Waals surface area contributed by atoms with Gasteiger partial charge in [0.1, 0.15) is 36.4 Å². The van der Waals surface area contributed by atoms with E-state index < -0.39 is 18.3 Å². The van der Waals surface area contributed by atoms with Crippen LogP contribution in [0.4, 0.5) is 0 Å². The second-order valence-corrected chi connectivity index (χ2v) is 9.51. The molecule has 3 N–H and O–H groups in total. The first-order chi connectivity index (χ1) is 17.0. The van der Waals surface area contributed by atoms with Gasteiger partial charge in [-0.3, -0.25) is 0 Å². The van der Waals surface area contributed by atoms with Crippen LogP contribution in [0.3, 0.4) is 0 Å². The van der Waals surface area contributed by atoms with Crippen LogP contribution in [0.1, 0.15) is 40.3 Å². The van der Waals surface area contributed by atoms with E-state index >= 15 is 0 Å². The second-order valence-electron chi connectivity index (χ2n) is 9.51. The standard InChI is InChI=1S/C29H32O6/c1-18-6-9-21(27-15-25(31)29(32)28(16-30)35-27)13-22(18)12-19-7-10-23(11-8-19)33-17-24-14-20-4-2-3-5-26(20)34-24/h2-11,13,24-25,27-32H,12,14-17H2,1H3/t24-,25+,27+,28+,29-/m0/s1. The minimum Gasteiger partial charge on any atom is -0.490 e. The van der Waals surface area contributed by atoms with Crippen LogP contribution in [-0.4, -0.2) is 52.9 Å². The van der Waals surface area contributed by atoms with Gasteiger partial charge in [0.2, 0.25) is 0 Å². The number of aliphatic hydroxyl groups excluding tert-OH is 3. The van der Waals surface area contributed by atoms with Gasteiger partial charge in [0.05, 0.1) is 18.8 Å². The quantitative estimate of drug-likeness (QED) is 0.484. The predicted octanol–water partition coefficient (Wildman–Crippen LogP) is 3.51. The second kappa shape index (κ2) is 10.4. The maximum absolute atomic E-state index is 10.2. The number of ether oxygens (including phenoxy) is 3. The van der Waals surface area contributed by atoms with E-state index in [1.807, 2.05) is 36.4 Å². The van der Waals surface area contributed by atoms with Crippen LogP contribution >= 0.6 is 0 Å². The Morgan fingerprint density at radius 3 is 2.57 bits per heavy atom. The van der Waals surface area contributed by atoms with Crippen molar-refractivity contribution in [3.63, 3.8) is 0 Å². The molecule has 6 heteroatoms. The van der Waals surface area contributed by atoms with Crippen molar-refractivity contribution in [1.29, 1.82) is 0 Å². The third-order valence-electron chi connectivity index (χ3n) is 6.96. The Morgan fingerprint density at radius 2 is 1.80 bits per heavy atom. The molecule has 1 saturated heterocycles. The summed E-state index contributed by atoms with van der Waals surface area (Å²) in [5.74, 6) is 1.77. The number of aryl methyl sites for hydroxylation is 1. The van der Waals surface area contributed by atoms with E-state index in [0.29, 0.717) is 13.0 Å². The van der Waals surface area contributed by atoms with Crippen LogP contribution in [0.5, 0.6) is 11.5 Å². The predicted molar refractivity (Wildman–Crippen MR) is 132 cm³/mol. The van der Waals surface area contributed by atoms with Crippen molar-refractivity contribution >= 4 is 0 Å². The number of benzene rings is 3. The zero-order valence-corrected chi connectivity index (χ0v) is 19.8. The van der Waals surface area contributed by atoms with E-state index in [1.165, 1.54) is 11.1 Å². The highest BCUT2D eigenvalue weighted by Gasteiger charge is 2.37. The Bertz CT molecular complexity index is 1120. The molecular formula is C29H32O6. The maximum atomic E-state index is 10.2. The lowest BCUT2D eigenvalue weighted by Gasteiger charge is -2.36. The summed E-state index contributed by atoms with van der Waals surface area (Å²) >= 11 is 0. The lowest BCUT2D eigenvalue weighted by atomic mass is 9.91. The molecule has 2 aliphatic rings. The van der Waals surface area contributed by atoms with Crippen molar-refractivity contribution in [1.82, 2.24) is 0 Å². The summed E-state index contributed by atoms with van der Waals surface area (Å²) in [7, 11) is 0. The minimum absolute atomic E-state index is 0.0320. The van der Waals surface area contributed by atoms with Crippen molar-refractivity contribution in [2.45, 2.75) is 56.7 Å². The van der Waals surface area contributed by atoms with Crippen LogP contribution in [-0.2, 0) is 17.6 Å². The van der Waals surface area contributed by atoms with Gasteiger partial charge in [0.25, 0.3) is 0 Å². The molecule has 6 nitrogen and oxygen atoms in total. The average molecular weight is 477 g/mol. The number of para-hydroxylation sites is 1. The summed E-state index contributed by atoms with van der Waals surface area (Å²) in [6, 6.07) is 22.4. The van der Waals surface area contributed by atoms with Gasteiger partial charge in [0.15, 0.2) is 0 Å².